The summed E-state index contributed by atoms with van der Waals surface area (Å²) in [5.41, 5.74) is 5.71. The van der Waals surface area contributed by atoms with E-state index in [9.17, 15) is 8.60 Å². The van der Waals surface area contributed by atoms with E-state index in [1.165, 1.54) is 23.3 Å². The van der Waals surface area contributed by atoms with Crippen LogP contribution in [0.25, 0.3) is 11.8 Å². The number of halogens is 1. The van der Waals surface area contributed by atoms with Gasteiger partial charge in [0.25, 0.3) is 0 Å². The topological polar surface area (TPSA) is 47.2 Å². The molecule has 1 heterocycles. The zero-order valence-electron chi connectivity index (χ0n) is 18.4. The normalized spacial score (nSPS) is 24.9. The van der Waals surface area contributed by atoms with E-state index in [1.54, 1.807) is 12.1 Å². The van der Waals surface area contributed by atoms with Gasteiger partial charge in [-0.05, 0) is 101 Å². The molecule has 3 unspecified atom stereocenters. The Morgan fingerprint density at radius 1 is 1.33 bits per heavy atom. The first-order valence-electron chi connectivity index (χ1n) is 10.6. The van der Waals surface area contributed by atoms with E-state index < -0.39 is 11.0 Å². The summed E-state index contributed by atoms with van der Waals surface area (Å²) >= 11 is 0. The summed E-state index contributed by atoms with van der Waals surface area (Å²) in [5, 5.41) is 4.59. The lowest BCUT2D eigenvalue weighted by atomic mass is 9.68. The highest BCUT2D eigenvalue weighted by atomic mass is 32.2. The van der Waals surface area contributed by atoms with Crippen LogP contribution in [0.15, 0.2) is 40.4 Å². The summed E-state index contributed by atoms with van der Waals surface area (Å²) in [6.07, 6.45) is 8.22. The second kappa shape index (κ2) is 7.56. The van der Waals surface area contributed by atoms with Crippen molar-refractivity contribution < 1.29 is 8.60 Å². The molecule has 2 aromatic rings. The molecule has 1 aromatic carbocycles. The van der Waals surface area contributed by atoms with Crippen molar-refractivity contribution in [1.82, 2.24) is 9.78 Å². The standard InChI is InChI=1S/C24H30FN3OS/c1-16(27-30(29)23(2,3)4)12-18-6-7-19-13-22-17(14-24(18,19)5)15-26-28(22)21-10-8-20(25)9-11-21/h8-11,13,15,18H,6-7,12,14H2,1-5H3. The Bertz CT molecular complexity index is 1050. The molecule has 4 rings (SSSR count). The molecular weight excluding hydrogens is 397 g/mol. The van der Waals surface area contributed by atoms with Crippen LogP contribution >= 0.6 is 0 Å². The summed E-state index contributed by atoms with van der Waals surface area (Å²) < 4.78 is 31.8. The molecule has 4 nitrogen and oxygen atoms in total. The second-order valence-corrected chi connectivity index (χ2v) is 11.7. The van der Waals surface area contributed by atoms with Gasteiger partial charge in [0.2, 0.25) is 0 Å². The molecule has 2 aliphatic rings. The molecule has 1 saturated carbocycles. The Balaban J connectivity index is 1.59. The minimum atomic E-state index is -1.21. The van der Waals surface area contributed by atoms with Crippen LogP contribution in [0.4, 0.5) is 4.39 Å². The highest BCUT2D eigenvalue weighted by molar-refractivity contribution is 7.85. The number of nitrogens with zero attached hydrogens (tertiary/aromatic N) is 3. The number of rotatable bonds is 4. The van der Waals surface area contributed by atoms with E-state index in [4.69, 9.17) is 0 Å². The van der Waals surface area contributed by atoms with Crippen molar-refractivity contribution in [1.29, 1.82) is 0 Å². The Hall–Kier alpha value is -2.08. The van der Waals surface area contributed by atoms with Gasteiger partial charge in [0.1, 0.15) is 16.8 Å². The van der Waals surface area contributed by atoms with Crippen molar-refractivity contribution in [2.24, 2.45) is 15.7 Å². The minimum absolute atomic E-state index is 0.0731. The highest BCUT2D eigenvalue weighted by Crippen LogP contribution is 2.54. The lowest BCUT2D eigenvalue weighted by Crippen LogP contribution is -2.30. The van der Waals surface area contributed by atoms with Gasteiger partial charge in [0, 0.05) is 5.71 Å². The summed E-state index contributed by atoms with van der Waals surface area (Å²) in [6.45, 7) is 10.2. The largest absolute Gasteiger partial charge is 0.234 e. The van der Waals surface area contributed by atoms with Crippen LogP contribution in [0.5, 0.6) is 0 Å². The Morgan fingerprint density at radius 3 is 2.70 bits per heavy atom. The van der Waals surface area contributed by atoms with E-state index in [1.807, 2.05) is 38.6 Å². The molecule has 1 aromatic heterocycles. The maximum Gasteiger partial charge on any atom is 0.144 e. The van der Waals surface area contributed by atoms with Gasteiger partial charge >= 0.3 is 0 Å². The molecule has 0 saturated heterocycles. The molecule has 0 N–H and O–H groups in total. The van der Waals surface area contributed by atoms with Gasteiger partial charge in [-0.2, -0.15) is 9.50 Å². The van der Waals surface area contributed by atoms with E-state index in [-0.39, 0.29) is 16.0 Å². The van der Waals surface area contributed by atoms with E-state index in [2.05, 4.69) is 22.5 Å². The average molecular weight is 428 g/mol. The summed E-state index contributed by atoms with van der Waals surface area (Å²) in [5.74, 6) is 0.237. The lowest BCUT2D eigenvalue weighted by Gasteiger charge is -2.36. The molecule has 0 radical (unpaired) electrons. The molecule has 0 amide bonds. The predicted octanol–water partition coefficient (Wildman–Crippen LogP) is 5.68. The number of fused-ring (bicyclic) bond motifs is 2. The number of hydrogen-bond acceptors (Lipinski definition) is 2. The van der Waals surface area contributed by atoms with Gasteiger partial charge in [-0.3, -0.25) is 0 Å². The van der Waals surface area contributed by atoms with Crippen molar-refractivity contribution in [2.75, 3.05) is 0 Å². The third-order valence-corrected chi connectivity index (χ3v) is 8.05. The SMILES string of the molecule is CC(CC1CCC2=Cc3c(cnn3-c3ccc(F)cc3)CC21C)=NS(=O)C(C)(C)C. The molecule has 0 spiro atoms. The van der Waals surface area contributed by atoms with Gasteiger partial charge in [-0.15, -0.1) is 0 Å². The third kappa shape index (κ3) is 3.82. The number of allylic oxidation sites excluding steroid dienone is 1. The van der Waals surface area contributed by atoms with Crippen molar-refractivity contribution in [2.45, 2.75) is 65.0 Å². The molecular formula is C24H30FN3OS. The quantitative estimate of drug-likeness (QED) is 0.589. The van der Waals surface area contributed by atoms with Crippen LogP contribution < -0.4 is 0 Å². The number of aromatic nitrogens is 2. The average Bonchev–Trinajstić information content (AvgIpc) is 3.20. The minimum Gasteiger partial charge on any atom is -0.234 e. The Morgan fingerprint density at radius 2 is 2.03 bits per heavy atom. The Kier molecular flexibility index (Phi) is 5.33. The van der Waals surface area contributed by atoms with Crippen LogP contribution in [0.2, 0.25) is 0 Å². The van der Waals surface area contributed by atoms with Crippen LogP contribution in [0.1, 0.15) is 65.1 Å². The van der Waals surface area contributed by atoms with Crippen molar-refractivity contribution in [3.8, 4) is 5.69 Å². The molecule has 0 bridgehead atoms. The number of hydrogen-bond donors (Lipinski definition) is 0. The fourth-order valence-corrected chi connectivity index (χ4v) is 5.35. The van der Waals surface area contributed by atoms with Gasteiger partial charge in [0.15, 0.2) is 0 Å². The van der Waals surface area contributed by atoms with Crippen molar-refractivity contribution in [3.63, 3.8) is 0 Å². The van der Waals surface area contributed by atoms with Crippen LogP contribution in [-0.4, -0.2) is 24.4 Å². The van der Waals surface area contributed by atoms with Gasteiger partial charge in [0.05, 0.1) is 22.3 Å². The first-order chi connectivity index (χ1) is 14.1. The van der Waals surface area contributed by atoms with Gasteiger partial charge in [-0.1, -0.05) is 12.5 Å². The third-order valence-electron chi connectivity index (χ3n) is 6.53. The maximum absolute atomic E-state index is 13.3. The summed E-state index contributed by atoms with van der Waals surface area (Å²) in [7, 11) is -1.21. The lowest BCUT2D eigenvalue weighted by molar-refractivity contribution is 0.279. The second-order valence-electron chi connectivity index (χ2n) is 9.83. The smallest absolute Gasteiger partial charge is 0.144 e. The van der Waals surface area contributed by atoms with E-state index in [0.29, 0.717) is 5.92 Å². The fraction of sp³-hybridized carbons (Fsp3) is 0.500. The van der Waals surface area contributed by atoms with Crippen LogP contribution in [0.3, 0.4) is 0 Å². The molecule has 1 fully saturated rings. The summed E-state index contributed by atoms with van der Waals surface area (Å²) in [6, 6.07) is 6.47. The van der Waals surface area contributed by atoms with Crippen molar-refractivity contribution in [3.05, 3.63) is 53.1 Å². The highest BCUT2D eigenvalue weighted by Gasteiger charge is 2.45. The fourth-order valence-electron chi connectivity index (χ4n) is 4.72. The number of benzene rings is 1. The molecule has 6 heteroatoms. The molecule has 2 aliphatic carbocycles. The van der Waals surface area contributed by atoms with Crippen LogP contribution in [-0.2, 0) is 17.4 Å². The summed E-state index contributed by atoms with van der Waals surface area (Å²) in [4.78, 5) is 0. The van der Waals surface area contributed by atoms with Crippen LogP contribution in [0, 0.1) is 17.2 Å². The monoisotopic (exact) mass is 427 g/mol. The molecule has 160 valence electrons. The first-order valence-corrected chi connectivity index (χ1v) is 11.7. The Labute approximate surface area is 180 Å². The maximum atomic E-state index is 13.3. The van der Waals surface area contributed by atoms with E-state index in [0.717, 1.165) is 42.8 Å². The molecule has 3 atom stereocenters. The van der Waals surface area contributed by atoms with Gasteiger partial charge in [-0.25, -0.2) is 13.3 Å². The zero-order valence-corrected chi connectivity index (χ0v) is 19.2. The molecule has 0 aliphatic heterocycles. The predicted molar refractivity (Wildman–Crippen MR) is 122 cm³/mol. The molecule has 30 heavy (non-hydrogen) atoms. The first kappa shape index (κ1) is 21.2. The van der Waals surface area contributed by atoms with E-state index >= 15 is 0 Å². The van der Waals surface area contributed by atoms with Crippen molar-refractivity contribution >= 4 is 22.8 Å². The van der Waals surface area contributed by atoms with Gasteiger partial charge < -0.3 is 0 Å². The zero-order chi connectivity index (χ0) is 21.7.